The van der Waals surface area contributed by atoms with Crippen molar-refractivity contribution < 1.29 is 9.59 Å². The molecule has 0 aromatic heterocycles. The van der Waals surface area contributed by atoms with Crippen molar-refractivity contribution in [1.82, 2.24) is 10.7 Å². The second kappa shape index (κ2) is 6.32. The summed E-state index contributed by atoms with van der Waals surface area (Å²) in [5.41, 5.74) is 5.05. The fourth-order valence-corrected chi connectivity index (χ4v) is 2.17. The van der Waals surface area contributed by atoms with Crippen LogP contribution < -0.4 is 10.7 Å². The molecule has 1 aromatic carbocycles. The van der Waals surface area contributed by atoms with Crippen molar-refractivity contribution in [3.05, 3.63) is 35.4 Å². The van der Waals surface area contributed by atoms with Gasteiger partial charge in [-0.2, -0.15) is 5.10 Å². The molecule has 0 radical (unpaired) electrons. The molecule has 1 aromatic rings. The quantitative estimate of drug-likeness (QED) is 0.876. The smallest absolute Gasteiger partial charge is 0.267 e. The third-order valence-electron chi connectivity index (χ3n) is 3.28. The van der Waals surface area contributed by atoms with E-state index in [1.54, 1.807) is 0 Å². The van der Waals surface area contributed by atoms with Gasteiger partial charge in [-0.1, -0.05) is 38.1 Å². The summed E-state index contributed by atoms with van der Waals surface area (Å²) >= 11 is 0. The molecule has 0 aliphatic carbocycles. The third-order valence-corrected chi connectivity index (χ3v) is 3.28. The lowest BCUT2D eigenvalue weighted by molar-refractivity contribution is -0.121. The molecule has 1 aliphatic rings. The summed E-state index contributed by atoms with van der Waals surface area (Å²) in [5, 5.41) is 6.64. The number of hydrogen-bond acceptors (Lipinski definition) is 3. The number of rotatable bonds is 4. The molecule has 0 bridgehead atoms. The average Bonchev–Trinajstić information content (AvgIpc) is 2.45. The molecule has 2 N–H and O–H groups in total. The van der Waals surface area contributed by atoms with Gasteiger partial charge in [-0.05, 0) is 17.0 Å². The van der Waals surface area contributed by atoms with Crippen LogP contribution >= 0.6 is 0 Å². The van der Waals surface area contributed by atoms with Gasteiger partial charge in [0.05, 0.1) is 0 Å². The van der Waals surface area contributed by atoms with E-state index < -0.39 is 0 Å². The van der Waals surface area contributed by atoms with Crippen LogP contribution in [0.1, 0.15) is 43.7 Å². The molecule has 106 valence electrons. The Morgan fingerprint density at radius 3 is 2.75 bits per heavy atom. The molecule has 20 heavy (non-hydrogen) atoms. The number of nitrogens with zero attached hydrogens (tertiary/aromatic N) is 1. The molecule has 0 spiro atoms. The second-order valence-corrected chi connectivity index (χ2v) is 5.13. The van der Waals surface area contributed by atoms with Crippen molar-refractivity contribution in [2.45, 2.75) is 39.2 Å². The van der Waals surface area contributed by atoms with Gasteiger partial charge in [0.25, 0.3) is 5.91 Å². The summed E-state index contributed by atoms with van der Waals surface area (Å²) in [4.78, 5) is 22.9. The van der Waals surface area contributed by atoms with Crippen LogP contribution in [-0.2, 0) is 16.1 Å². The van der Waals surface area contributed by atoms with Crippen LogP contribution in [0, 0.1) is 0 Å². The molecule has 1 heterocycles. The molecule has 0 saturated carbocycles. The fourth-order valence-electron chi connectivity index (χ4n) is 2.17. The average molecular weight is 273 g/mol. The van der Waals surface area contributed by atoms with Gasteiger partial charge in [0.15, 0.2) is 0 Å². The van der Waals surface area contributed by atoms with E-state index in [0.717, 1.165) is 5.56 Å². The van der Waals surface area contributed by atoms with Crippen LogP contribution in [0.25, 0.3) is 0 Å². The van der Waals surface area contributed by atoms with Crippen molar-refractivity contribution in [2.75, 3.05) is 0 Å². The van der Waals surface area contributed by atoms with E-state index in [1.807, 2.05) is 18.2 Å². The first-order chi connectivity index (χ1) is 9.58. The van der Waals surface area contributed by atoms with Gasteiger partial charge in [0.2, 0.25) is 5.91 Å². The van der Waals surface area contributed by atoms with E-state index >= 15 is 0 Å². The lowest BCUT2D eigenvalue weighted by atomic mass is 9.97. The summed E-state index contributed by atoms with van der Waals surface area (Å²) in [5.74, 6) is 0.0460. The molecular weight excluding hydrogens is 254 g/mol. The number of amides is 2. The lowest BCUT2D eigenvalue weighted by Crippen LogP contribution is -2.36. The topological polar surface area (TPSA) is 70.6 Å². The fraction of sp³-hybridized carbons (Fsp3) is 0.400. The maximum absolute atomic E-state index is 12.0. The summed E-state index contributed by atoms with van der Waals surface area (Å²) < 4.78 is 0. The van der Waals surface area contributed by atoms with Crippen molar-refractivity contribution in [3.8, 4) is 0 Å². The molecule has 0 atom stereocenters. The van der Waals surface area contributed by atoms with E-state index in [-0.39, 0.29) is 11.8 Å². The van der Waals surface area contributed by atoms with Gasteiger partial charge in [0, 0.05) is 19.4 Å². The van der Waals surface area contributed by atoms with E-state index in [9.17, 15) is 9.59 Å². The first kappa shape index (κ1) is 14.2. The summed E-state index contributed by atoms with van der Waals surface area (Å²) in [6.07, 6.45) is 0.707. The van der Waals surface area contributed by atoms with E-state index in [4.69, 9.17) is 0 Å². The zero-order valence-corrected chi connectivity index (χ0v) is 11.8. The maximum Gasteiger partial charge on any atom is 0.267 e. The Labute approximate surface area is 118 Å². The second-order valence-electron chi connectivity index (χ2n) is 5.13. The minimum atomic E-state index is -0.219. The molecule has 0 fully saturated rings. The van der Waals surface area contributed by atoms with Crippen molar-refractivity contribution in [2.24, 2.45) is 5.10 Å². The largest absolute Gasteiger partial charge is 0.347 e. The minimum Gasteiger partial charge on any atom is -0.347 e. The molecule has 1 aliphatic heterocycles. The first-order valence-corrected chi connectivity index (χ1v) is 6.79. The molecule has 0 saturated heterocycles. The number of carbonyl (C=O) groups is 2. The number of benzene rings is 1. The third kappa shape index (κ3) is 3.44. The number of hydrazone groups is 1. The van der Waals surface area contributed by atoms with E-state index in [2.05, 4.69) is 35.8 Å². The Morgan fingerprint density at radius 2 is 2.10 bits per heavy atom. The maximum atomic E-state index is 12.0. The zero-order valence-electron chi connectivity index (χ0n) is 11.8. The molecule has 5 heteroatoms. The monoisotopic (exact) mass is 273 g/mol. The number of nitrogens with one attached hydrogen (secondary N) is 2. The van der Waals surface area contributed by atoms with Crippen molar-refractivity contribution in [3.63, 3.8) is 0 Å². The predicted octanol–water partition coefficient (Wildman–Crippen LogP) is 1.69. The van der Waals surface area contributed by atoms with Crippen molar-refractivity contribution in [1.29, 1.82) is 0 Å². The highest BCUT2D eigenvalue weighted by Crippen LogP contribution is 2.18. The Kier molecular flexibility index (Phi) is 4.50. The van der Waals surface area contributed by atoms with E-state index in [1.165, 1.54) is 5.56 Å². The van der Waals surface area contributed by atoms with Crippen LogP contribution in [0.2, 0.25) is 0 Å². The van der Waals surface area contributed by atoms with Crippen LogP contribution in [0.3, 0.4) is 0 Å². The standard InChI is InChI=1S/C15H19N3O2/c1-10(2)12-6-4-3-5-11(12)9-16-15(20)13-7-8-14(19)18-17-13/h3-6,10H,7-9H2,1-2H3,(H,16,20)(H,18,19). The zero-order chi connectivity index (χ0) is 14.5. The molecule has 2 amide bonds. The summed E-state index contributed by atoms with van der Waals surface area (Å²) in [6, 6.07) is 8.05. The van der Waals surface area contributed by atoms with Gasteiger partial charge in [-0.3, -0.25) is 9.59 Å². The highest BCUT2D eigenvalue weighted by Gasteiger charge is 2.18. The summed E-state index contributed by atoms with van der Waals surface area (Å²) in [7, 11) is 0. The van der Waals surface area contributed by atoms with Crippen molar-refractivity contribution >= 4 is 17.5 Å². The molecular formula is C15H19N3O2. The summed E-state index contributed by atoms with van der Waals surface area (Å²) in [6.45, 7) is 4.73. The Hall–Kier alpha value is -2.17. The number of hydrogen-bond donors (Lipinski definition) is 2. The van der Waals surface area contributed by atoms with Gasteiger partial charge >= 0.3 is 0 Å². The Balaban J connectivity index is 1.99. The van der Waals surface area contributed by atoms with Gasteiger partial charge in [0.1, 0.15) is 5.71 Å². The van der Waals surface area contributed by atoms with Gasteiger partial charge in [-0.15, -0.1) is 0 Å². The normalized spacial score (nSPS) is 14.8. The van der Waals surface area contributed by atoms with Crippen LogP contribution in [0.15, 0.2) is 29.4 Å². The highest BCUT2D eigenvalue weighted by atomic mass is 16.2. The molecule has 0 unspecified atom stereocenters. The number of carbonyl (C=O) groups excluding carboxylic acids is 2. The SMILES string of the molecule is CC(C)c1ccccc1CNC(=O)C1=NNC(=O)CC1. The van der Waals surface area contributed by atoms with Crippen LogP contribution in [-0.4, -0.2) is 17.5 Å². The minimum absolute atomic E-state index is 0.147. The Morgan fingerprint density at radius 1 is 1.35 bits per heavy atom. The van der Waals surface area contributed by atoms with Crippen LogP contribution in [0.5, 0.6) is 0 Å². The van der Waals surface area contributed by atoms with E-state index in [0.29, 0.717) is 31.0 Å². The lowest BCUT2D eigenvalue weighted by Gasteiger charge is -2.15. The molecule has 2 rings (SSSR count). The highest BCUT2D eigenvalue weighted by molar-refractivity contribution is 6.39. The predicted molar refractivity (Wildman–Crippen MR) is 77.2 cm³/mol. The first-order valence-electron chi connectivity index (χ1n) is 6.79. The van der Waals surface area contributed by atoms with Gasteiger partial charge < -0.3 is 5.32 Å². The van der Waals surface area contributed by atoms with Gasteiger partial charge in [-0.25, -0.2) is 5.43 Å². The van der Waals surface area contributed by atoms with Crippen LogP contribution in [0.4, 0.5) is 0 Å². The molecule has 5 nitrogen and oxygen atoms in total. The Bertz CT molecular complexity index is 550.